The Morgan fingerprint density at radius 1 is 0.857 bits per heavy atom. The molecule has 70 valence electrons. The molecule has 0 bridgehead atoms. The minimum atomic E-state index is 0.222. The fourth-order valence-electron chi connectivity index (χ4n) is 0.781. The van der Waals surface area contributed by atoms with E-state index >= 15 is 0 Å². The Balaban J connectivity index is 1.96. The number of anilines is 1. The zero-order chi connectivity index (χ0) is 9.64. The van der Waals surface area contributed by atoms with Crippen molar-refractivity contribution in [3.63, 3.8) is 0 Å². The largest absolute Gasteiger partial charge is 0.342 e. The van der Waals surface area contributed by atoms with Gasteiger partial charge in [-0.25, -0.2) is 19.9 Å². The first-order valence-electron chi connectivity index (χ1n) is 3.92. The van der Waals surface area contributed by atoms with Gasteiger partial charge in [-0.2, -0.15) is 5.48 Å². The molecule has 2 rings (SSSR count). The van der Waals surface area contributed by atoms with E-state index in [0.29, 0.717) is 5.95 Å². The molecule has 0 aliphatic rings. The fourth-order valence-corrected chi connectivity index (χ4v) is 0.781. The molecule has 2 heterocycles. The third-order valence-corrected chi connectivity index (χ3v) is 1.34. The second-order valence-electron chi connectivity index (χ2n) is 2.31. The van der Waals surface area contributed by atoms with Gasteiger partial charge in [-0.3, -0.25) is 0 Å². The van der Waals surface area contributed by atoms with Crippen LogP contribution in [0.15, 0.2) is 36.9 Å². The molecule has 14 heavy (non-hydrogen) atoms. The minimum absolute atomic E-state index is 0.222. The van der Waals surface area contributed by atoms with Crippen LogP contribution >= 0.6 is 0 Å². The lowest BCUT2D eigenvalue weighted by Crippen LogP contribution is -2.09. The quantitative estimate of drug-likeness (QED) is 0.715. The number of nitrogens with one attached hydrogen (secondary N) is 1. The second kappa shape index (κ2) is 4.13. The molecular weight excluding hydrogens is 182 g/mol. The molecule has 2 aromatic heterocycles. The van der Waals surface area contributed by atoms with E-state index in [1.165, 1.54) is 0 Å². The smallest absolute Gasteiger partial charge is 0.337 e. The molecule has 0 saturated heterocycles. The van der Waals surface area contributed by atoms with Crippen molar-refractivity contribution in [2.45, 2.75) is 0 Å². The summed E-state index contributed by atoms with van der Waals surface area (Å²) in [7, 11) is 0. The molecule has 2 aromatic rings. The van der Waals surface area contributed by atoms with Gasteiger partial charge in [0.15, 0.2) is 0 Å². The van der Waals surface area contributed by atoms with Gasteiger partial charge < -0.3 is 4.84 Å². The van der Waals surface area contributed by atoms with Gasteiger partial charge in [0, 0.05) is 24.8 Å². The lowest BCUT2D eigenvalue weighted by Gasteiger charge is -2.02. The summed E-state index contributed by atoms with van der Waals surface area (Å²) < 4.78 is 0. The minimum Gasteiger partial charge on any atom is -0.337 e. The Labute approximate surface area is 80.0 Å². The summed E-state index contributed by atoms with van der Waals surface area (Å²) in [5, 5.41) is 0. The number of aromatic nitrogens is 4. The average Bonchev–Trinajstić information content (AvgIpc) is 2.29. The SMILES string of the molecule is c1cnc(NOc2ncccn2)nc1. The van der Waals surface area contributed by atoms with Crippen LogP contribution in [-0.4, -0.2) is 19.9 Å². The van der Waals surface area contributed by atoms with Crippen molar-refractivity contribution in [2.75, 3.05) is 5.48 Å². The molecule has 1 N–H and O–H groups in total. The number of hydrogen-bond acceptors (Lipinski definition) is 6. The Morgan fingerprint density at radius 3 is 2.07 bits per heavy atom. The average molecular weight is 189 g/mol. The second-order valence-corrected chi connectivity index (χ2v) is 2.31. The molecule has 0 saturated carbocycles. The Kier molecular flexibility index (Phi) is 2.46. The standard InChI is InChI=1S/C8H7N5O/c1-3-9-7(10-4-1)13-14-8-11-5-2-6-12-8/h1-6H,(H,9,10,13). The van der Waals surface area contributed by atoms with E-state index in [9.17, 15) is 0 Å². The van der Waals surface area contributed by atoms with Crippen LogP contribution < -0.4 is 10.3 Å². The van der Waals surface area contributed by atoms with Crippen molar-refractivity contribution in [1.29, 1.82) is 0 Å². The van der Waals surface area contributed by atoms with Crippen molar-refractivity contribution in [2.24, 2.45) is 0 Å². The lowest BCUT2D eigenvalue weighted by atomic mass is 10.7. The van der Waals surface area contributed by atoms with Crippen molar-refractivity contribution in [3.05, 3.63) is 36.9 Å². The molecular formula is C8H7N5O. The Hall–Kier alpha value is -2.24. The maximum atomic E-state index is 4.99. The van der Waals surface area contributed by atoms with Crippen LogP contribution in [-0.2, 0) is 0 Å². The van der Waals surface area contributed by atoms with Gasteiger partial charge in [0.25, 0.3) is 5.95 Å². The van der Waals surface area contributed by atoms with Crippen molar-refractivity contribution < 1.29 is 4.84 Å². The Morgan fingerprint density at radius 2 is 1.43 bits per heavy atom. The highest BCUT2D eigenvalue weighted by molar-refractivity contribution is 5.19. The molecule has 0 fully saturated rings. The third kappa shape index (κ3) is 2.13. The summed E-state index contributed by atoms with van der Waals surface area (Å²) in [5.74, 6) is 0.361. The van der Waals surface area contributed by atoms with Gasteiger partial charge in [0.05, 0.1) is 0 Å². The highest BCUT2D eigenvalue weighted by Gasteiger charge is 1.96. The molecule has 0 unspecified atom stereocenters. The molecule has 0 aliphatic heterocycles. The van der Waals surface area contributed by atoms with Crippen LogP contribution in [0.25, 0.3) is 0 Å². The molecule has 0 atom stereocenters. The van der Waals surface area contributed by atoms with E-state index < -0.39 is 0 Å². The predicted octanol–water partition coefficient (Wildman–Crippen LogP) is 0.672. The third-order valence-electron chi connectivity index (χ3n) is 1.34. The van der Waals surface area contributed by atoms with Gasteiger partial charge in [-0.05, 0) is 12.1 Å². The van der Waals surface area contributed by atoms with Gasteiger partial charge >= 0.3 is 6.01 Å². The van der Waals surface area contributed by atoms with E-state index in [2.05, 4.69) is 25.4 Å². The van der Waals surface area contributed by atoms with E-state index in [-0.39, 0.29) is 6.01 Å². The van der Waals surface area contributed by atoms with Gasteiger partial charge in [0.2, 0.25) is 0 Å². The first kappa shape index (κ1) is 8.36. The maximum absolute atomic E-state index is 4.99. The van der Waals surface area contributed by atoms with Crippen LogP contribution in [0, 0.1) is 0 Å². The molecule has 0 amide bonds. The monoisotopic (exact) mass is 189 g/mol. The van der Waals surface area contributed by atoms with Crippen molar-refractivity contribution >= 4 is 5.95 Å². The first-order valence-corrected chi connectivity index (χ1v) is 3.92. The summed E-state index contributed by atoms with van der Waals surface area (Å²) in [4.78, 5) is 20.5. The van der Waals surface area contributed by atoms with Crippen molar-refractivity contribution in [3.8, 4) is 6.01 Å². The van der Waals surface area contributed by atoms with Gasteiger partial charge in [0.1, 0.15) is 0 Å². The zero-order valence-corrected chi connectivity index (χ0v) is 7.16. The molecule has 0 aliphatic carbocycles. The summed E-state index contributed by atoms with van der Waals surface area (Å²) in [6.07, 6.45) is 6.36. The van der Waals surface area contributed by atoms with Crippen LogP contribution in [0.2, 0.25) is 0 Å². The molecule has 6 heteroatoms. The topological polar surface area (TPSA) is 72.8 Å². The van der Waals surface area contributed by atoms with Crippen LogP contribution in [0.5, 0.6) is 6.01 Å². The van der Waals surface area contributed by atoms with E-state index in [4.69, 9.17) is 4.84 Å². The van der Waals surface area contributed by atoms with E-state index in [0.717, 1.165) is 0 Å². The summed E-state index contributed by atoms with van der Waals surface area (Å²) in [5.41, 5.74) is 2.51. The summed E-state index contributed by atoms with van der Waals surface area (Å²) >= 11 is 0. The van der Waals surface area contributed by atoms with E-state index in [1.807, 2.05) is 0 Å². The highest BCUT2D eigenvalue weighted by atomic mass is 16.7. The molecule has 0 radical (unpaired) electrons. The van der Waals surface area contributed by atoms with Gasteiger partial charge in [-0.15, -0.1) is 0 Å². The normalized spacial score (nSPS) is 9.43. The van der Waals surface area contributed by atoms with Crippen LogP contribution in [0.4, 0.5) is 5.95 Å². The van der Waals surface area contributed by atoms with Crippen molar-refractivity contribution in [1.82, 2.24) is 19.9 Å². The van der Waals surface area contributed by atoms with Crippen LogP contribution in [0.3, 0.4) is 0 Å². The molecule has 0 spiro atoms. The summed E-state index contributed by atoms with van der Waals surface area (Å²) in [6.45, 7) is 0. The highest BCUT2D eigenvalue weighted by Crippen LogP contribution is 1.99. The number of hydrogen-bond donors (Lipinski definition) is 1. The maximum Gasteiger partial charge on any atom is 0.342 e. The van der Waals surface area contributed by atoms with Gasteiger partial charge in [-0.1, -0.05) is 0 Å². The lowest BCUT2D eigenvalue weighted by molar-refractivity contribution is 0.366. The summed E-state index contributed by atoms with van der Waals surface area (Å²) in [6, 6.07) is 3.63. The Bertz CT molecular complexity index is 340. The zero-order valence-electron chi connectivity index (χ0n) is 7.16. The molecule has 0 aromatic carbocycles. The fraction of sp³-hybridized carbons (Fsp3) is 0. The van der Waals surface area contributed by atoms with E-state index in [1.54, 1.807) is 36.9 Å². The van der Waals surface area contributed by atoms with Crippen LogP contribution in [0.1, 0.15) is 0 Å². The molecule has 6 nitrogen and oxygen atoms in total. The number of nitrogens with zero attached hydrogens (tertiary/aromatic N) is 4. The first-order chi connectivity index (χ1) is 6.95. The number of rotatable bonds is 3. The predicted molar refractivity (Wildman–Crippen MR) is 48.3 cm³/mol.